The Balaban J connectivity index is 3.82. The summed E-state index contributed by atoms with van der Waals surface area (Å²) < 4.78 is 0. The summed E-state index contributed by atoms with van der Waals surface area (Å²) in [6.07, 6.45) is -0.000957. The summed E-state index contributed by atoms with van der Waals surface area (Å²) >= 11 is 5.18. The molecule has 0 heterocycles. The first-order valence-corrected chi connectivity index (χ1v) is 3.10. The molecule has 0 unspecified atom stereocenters. The van der Waals surface area contributed by atoms with Crippen molar-refractivity contribution in [2.45, 2.75) is 6.42 Å². The maximum absolute atomic E-state index is 10.6. The van der Waals surface area contributed by atoms with Gasteiger partial charge >= 0.3 is 0 Å². The van der Waals surface area contributed by atoms with Crippen LogP contribution in [0, 0.1) is 10.1 Å². The summed E-state index contributed by atoms with van der Waals surface area (Å²) in [6, 6.07) is 0. The fourth-order valence-corrected chi connectivity index (χ4v) is 0.495. The van der Waals surface area contributed by atoms with Gasteiger partial charge in [-0.15, -0.1) is 11.6 Å². The van der Waals surface area contributed by atoms with E-state index in [1.807, 2.05) is 0 Å². The lowest BCUT2D eigenvalue weighted by atomic mass is 10.4. The number of hydrogen-bond acceptors (Lipinski definition) is 3. The molecule has 0 fully saturated rings. The Morgan fingerprint density at radius 1 is 1.80 bits per heavy atom. The summed E-state index contributed by atoms with van der Waals surface area (Å²) in [4.78, 5) is 20.5. The van der Waals surface area contributed by atoms with Crippen LogP contribution in [0.25, 0.3) is 0 Å². The molecule has 0 spiro atoms. The van der Waals surface area contributed by atoms with Gasteiger partial charge in [-0.25, -0.2) is 10.1 Å². The highest BCUT2D eigenvalue weighted by atomic mass is 35.5. The van der Waals surface area contributed by atoms with Crippen LogP contribution < -0.4 is 0 Å². The molecule has 6 heteroatoms. The molecule has 58 valence electrons. The molecule has 0 aliphatic heterocycles. The average Bonchev–Trinajstić information content (AvgIpc) is 1.87. The van der Waals surface area contributed by atoms with Gasteiger partial charge in [0, 0.05) is 12.3 Å². The van der Waals surface area contributed by atoms with Gasteiger partial charge in [-0.2, -0.15) is 0 Å². The first-order chi connectivity index (χ1) is 4.59. The third-order valence-electron chi connectivity index (χ3n) is 0.914. The fraction of sp³-hybridized carbons (Fsp3) is 0.750. The SMILES string of the molecule is CN(C(=O)CCCl)[N+](=O)[O-]. The second-order valence-electron chi connectivity index (χ2n) is 1.59. The van der Waals surface area contributed by atoms with E-state index < -0.39 is 10.9 Å². The van der Waals surface area contributed by atoms with Gasteiger partial charge in [0.05, 0.1) is 7.05 Å². The molecule has 5 nitrogen and oxygen atoms in total. The average molecular weight is 167 g/mol. The largest absolute Gasteiger partial charge is 0.284 e. The van der Waals surface area contributed by atoms with Crippen molar-refractivity contribution in [1.82, 2.24) is 5.01 Å². The molecule has 0 aliphatic carbocycles. The normalized spacial score (nSPS) is 9.00. The number of halogens is 1. The molecule has 10 heavy (non-hydrogen) atoms. The highest BCUT2D eigenvalue weighted by Gasteiger charge is 2.16. The maximum atomic E-state index is 10.6. The topological polar surface area (TPSA) is 63.5 Å². The van der Waals surface area contributed by atoms with E-state index in [0.717, 1.165) is 7.05 Å². The van der Waals surface area contributed by atoms with E-state index in [1.165, 1.54) is 0 Å². The first kappa shape index (κ1) is 9.16. The Kier molecular flexibility index (Phi) is 3.71. The van der Waals surface area contributed by atoms with E-state index in [0.29, 0.717) is 5.01 Å². The molecule has 0 aliphatic rings. The number of hydrazine groups is 1. The van der Waals surface area contributed by atoms with Crippen LogP contribution in [0.1, 0.15) is 6.42 Å². The number of hydrogen-bond donors (Lipinski definition) is 0. The van der Waals surface area contributed by atoms with Gasteiger partial charge in [0.15, 0.2) is 5.03 Å². The lowest BCUT2D eigenvalue weighted by Crippen LogP contribution is -2.32. The van der Waals surface area contributed by atoms with Gasteiger partial charge in [0.2, 0.25) is 0 Å². The van der Waals surface area contributed by atoms with Crippen LogP contribution in [-0.2, 0) is 4.79 Å². The van der Waals surface area contributed by atoms with Gasteiger partial charge < -0.3 is 0 Å². The van der Waals surface area contributed by atoms with Crippen molar-refractivity contribution < 1.29 is 9.83 Å². The fourth-order valence-electron chi connectivity index (χ4n) is 0.334. The minimum atomic E-state index is -0.783. The van der Waals surface area contributed by atoms with Crippen LogP contribution in [0.15, 0.2) is 0 Å². The van der Waals surface area contributed by atoms with Crippen molar-refractivity contribution in [2.24, 2.45) is 0 Å². The summed E-state index contributed by atoms with van der Waals surface area (Å²) in [7, 11) is 1.09. The van der Waals surface area contributed by atoms with Gasteiger partial charge in [0.1, 0.15) is 0 Å². The molecule has 0 aromatic carbocycles. The van der Waals surface area contributed by atoms with E-state index in [4.69, 9.17) is 11.6 Å². The number of carbonyl (C=O) groups is 1. The van der Waals surface area contributed by atoms with E-state index in [2.05, 4.69) is 0 Å². The first-order valence-electron chi connectivity index (χ1n) is 2.56. The summed E-state index contributed by atoms with van der Waals surface area (Å²) in [6.45, 7) is 0. The minimum Gasteiger partial charge on any atom is -0.269 e. The molecule has 0 saturated heterocycles. The van der Waals surface area contributed by atoms with Crippen molar-refractivity contribution in [3.05, 3.63) is 10.1 Å². The second-order valence-corrected chi connectivity index (χ2v) is 1.97. The van der Waals surface area contributed by atoms with Crippen molar-refractivity contribution in [3.8, 4) is 0 Å². The van der Waals surface area contributed by atoms with E-state index in [1.54, 1.807) is 0 Å². The van der Waals surface area contributed by atoms with Gasteiger partial charge in [-0.05, 0) is 0 Å². The Morgan fingerprint density at radius 2 is 2.30 bits per heavy atom. The smallest absolute Gasteiger partial charge is 0.269 e. The van der Waals surface area contributed by atoms with E-state index in [-0.39, 0.29) is 12.3 Å². The zero-order valence-electron chi connectivity index (χ0n) is 5.41. The Bertz CT molecular complexity index is 149. The van der Waals surface area contributed by atoms with Gasteiger partial charge in [-0.1, -0.05) is 5.01 Å². The molecule has 0 radical (unpaired) electrons. The zero-order valence-corrected chi connectivity index (χ0v) is 6.17. The quantitative estimate of drug-likeness (QED) is 0.343. The number of rotatable bonds is 3. The summed E-state index contributed by atoms with van der Waals surface area (Å²) in [5.74, 6) is -0.475. The molecule has 0 saturated carbocycles. The minimum absolute atomic E-state index is 0.000957. The van der Waals surface area contributed by atoms with E-state index in [9.17, 15) is 14.9 Å². The molecule has 0 aromatic heterocycles. The predicted molar refractivity (Wildman–Crippen MR) is 35.1 cm³/mol. The van der Waals surface area contributed by atoms with Crippen molar-refractivity contribution in [3.63, 3.8) is 0 Å². The highest BCUT2D eigenvalue weighted by molar-refractivity contribution is 6.18. The third kappa shape index (κ3) is 2.63. The Hall–Kier alpha value is -0.840. The van der Waals surface area contributed by atoms with Crippen LogP contribution in [0.2, 0.25) is 0 Å². The molecular weight excluding hydrogens is 160 g/mol. The van der Waals surface area contributed by atoms with Gasteiger partial charge in [-0.3, -0.25) is 4.79 Å². The molecule has 0 rings (SSSR count). The monoisotopic (exact) mass is 166 g/mol. The van der Waals surface area contributed by atoms with Crippen molar-refractivity contribution >= 4 is 17.5 Å². The molecule has 0 bridgehead atoms. The zero-order chi connectivity index (χ0) is 8.15. The predicted octanol–water partition coefficient (Wildman–Crippen LogP) is 0.265. The number of nitro groups is 1. The second kappa shape index (κ2) is 4.05. The third-order valence-corrected chi connectivity index (χ3v) is 1.10. The number of nitrogens with zero attached hydrogens (tertiary/aromatic N) is 2. The maximum Gasteiger partial charge on any atom is 0.284 e. The van der Waals surface area contributed by atoms with Crippen LogP contribution >= 0.6 is 11.6 Å². The van der Waals surface area contributed by atoms with Crippen LogP contribution in [0.3, 0.4) is 0 Å². The molecular formula is C4H7ClN2O3. The standard InChI is InChI=1S/C4H7ClN2O3/c1-6(7(9)10)4(8)2-3-5/h2-3H2,1H3. The van der Waals surface area contributed by atoms with Crippen LogP contribution in [0.5, 0.6) is 0 Å². The lowest BCUT2D eigenvalue weighted by Gasteiger charge is -2.03. The Labute approximate surface area is 62.7 Å². The molecule has 0 aromatic rings. The van der Waals surface area contributed by atoms with Gasteiger partial charge in [0.25, 0.3) is 5.91 Å². The summed E-state index contributed by atoms with van der Waals surface area (Å²) in [5, 5.41) is 9.52. The summed E-state index contributed by atoms with van der Waals surface area (Å²) in [5.41, 5.74) is 0. The molecule has 1 amide bonds. The van der Waals surface area contributed by atoms with Crippen molar-refractivity contribution in [2.75, 3.05) is 12.9 Å². The molecule has 0 N–H and O–H groups in total. The van der Waals surface area contributed by atoms with E-state index >= 15 is 0 Å². The lowest BCUT2D eigenvalue weighted by molar-refractivity contribution is -0.628. The van der Waals surface area contributed by atoms with Crippen molar-refractivity contribution in [1.29, 1.82) is 0 Å². The van der Waals surface area contributed by atoms with Crippen LogP contribution in [0.4, 0.5) is 0 Å². The highest BCUT2D eigenvalue weighted by Crippen LogP contribution is 1.92. The number of alkyl halides is 1. The number of amides is 1. The number of carbonyl (C=O) groups excluding carboxylic acids is 1. The molecule has 0 atom stereocenters. The Morgan fingerprint density at radius 3 is 2.60 bits per heavy atom. The van der Waals surface area contributed by atoms with Crippen LogP contribution in [-0.4, -0.2) is 28.9 Å².